The molecule has 0 saturated heterocycles. The first-order valence-corrected chi connectivity index (χ1v) is 8.92. The molecule has 128 valence electrons. The lowest BCUT2D eigenvalue weighted by molar-refractivity contribution is 0.0635. The first-order chi connectivity index (χ1) is 11.2. The van der Waals surface area contributed by atoms with E-state index < -0.39 is 11.7 Å². The van der Waals surface area contributed by atoms with E-state index in [4.69, 9.17) is 4.74 Å². The smallest absolute Gasteiger partial charge is 0.412 e. The minimum Gasteiger partial charge on any atom is -0.444 e. The standard InChI is InChI=1S/C18H23N3O2S/c1-11-9-7-8-10-13(11)15-14(12(2)19-16(20-15)24-6)21-17(22)23-18(3,4)5/h7-10H,1-6H3,(H,21,22). The van der Waals surface area contributed by atoms with Crippen LogP contribution in [0.15, 0.2) is 29.4 Å². The van der Waals surface area contributed by atoms with Gasteiger partial charge in [0.2, 0.25) is 0 Å². The number of carbonyl (C=O) groups excluding carboxylic acids is 1. The van der Waals surface area contributed by atoms with Crippen LogP contribution in [0, 0.1) is 13.8 Å². The second-order valence-corrected chi connectivity index (χ2v) is 7.23. The van der Waals surface area contributed by atoms with Crippen LogP contribution in [0.1, 0.15) is 32.0 Å². The van der Waals surface area contributed by atoms with Crippen LogP contribution in [0.25, 0.3) is 11.3 Å². The van der Waals surface area contributed by atoms with Crippen LogP contribution in [0.5, 0.6) is 0 Å². The van der Waals surface area contributed by atoms with E-state index in [1.165, 1.54) is 11.8 Å². The van der Waals surface area contributed by atoms with Gasteiger partial charge in [0.25, 0.3) is 0 Å². The Balaban J connectivity index is 2.51. The van der Waals surface area contributed by atoms with Gasteiger partial charge < -0.3 is 4.74 Å². The van der Waals surface area contributed by atoms with Crippen molar-refractivity contribution in [1.29, 1.82) is 0 Å². The fraction of sp³-hybridized carbons (Fsp3) is 0.389. The van der Waals surface area contributed by atoms with E-state index in [0.29, 0.717) is 22.2 Å². The van der Waals surface area contributed by atoms with Gasteiger partial charge in [-0.05, 0) is 46.4 Å². The van der Waals surface area contributed by atoms with E-state index >= 15 is 0 Å². The Labute approximate surface area is 147 Å². The fourth-order valence-corrected chi connectivity index (χ4v) is 2.64. The Hall–Kier alpha value is -2.08. The summed E-state index contributed by atoms with van der Waals surface area (Å²) in [5.41, 5.74) is 3.46. The van der Waals surface area contributed by atoms with Crippen molar-refractivity contribution in [3.63, 3.8) is 0 Å². The van der Waals surface area contributed by atoms with Crippen molar-refractivity contribution in [2.45, 2.75) is 45.4 Å². The first-order valence-electron chi connectivity index (χ1n) is 7.70. The Bertz CT molecular complexity index is 754. The average molecular weight is 345 g/mol. The van der Waals surface area contributed by atoms with Crippen molar-refractivity contribution in [3.05, 3.63) is 35.5 Å². The van der Waals surface area contributed by atoms with Gasteiger partial charge in [0.1, 0.15) is 5.60 Å². The summed E-state index contributed by atoms with van der Waals surface area (Å²) in [6, 6.07) is 7.93. The second kappa shape index (κ2) is 7.21. The van der Waals surface area contributed by atoms with Crippen LogP contribution in [0.4, 0.5) is 10.5 Å². The average Bonchev–Trinajstić information content (AvgIpc) is 2.48. The quantitative estimate of drug-likeness (QED) is 0.637. The highest BCUT2D eigenvalue weighted by atomic mass is 32.2. The molecule has 6 heteroatoms. The predicted octanol–water partition coefficient (Wildman–Crippen LogP) is 4.83. The molecule has 1 aromatic heterocycles. The number of amides is 1. The highest BCUT2D eigenvalue weighted by Gasteiger charge is 2.21. The van der Waals surface area contributed by atoms with E-state index in [1.807, 2.05) is 65.1 Å². The van der Waals surface area contributed by atoms with Gasteiger partial charge in [-0.15, -0.1) is 0 Å². The molecule has 0 atom stereocenters. The lowest BCUT2D eigenvalue weighted by atomic mass is 10.0. The number of nitrogens with zero attached hydrogens (tertiary/aromatic N) is 2. The number of benzene rings is 1. The molecule has 0 saturated carbocycles. The van der Waals surface area contributed by atoms with Gasteiger partial charge in [0, 0.05) is 5.56 Å². The van der Waals surface area contributed by atoms with Crippen LogP contribution in [-0.2, 0) is 4.74 Å². The third kappa shape index (κ3) is 4.47. The Morgan fingerprint density at radius 2 is 1.83 bits per heavy atom. The number of aryl methyl sites for hydroxylation is 2. The van der Waals surface area contributed by atoms with Crippen LogP contribution in [0.2, 0.25) is 0 Å². The zero-order chi connectivity index (χ0) is 17.9. The fourth-order valence-electron chi connectivity index (χ4n) is 2.23. The predicted molar refractivity (Wildman–Crippen MR) is 98.6 cm³/mol. The van der Waals surface area contributed by atoms with E-state index in [-0.39, 0.29) is 0 Å². The van der Waals surface area contributed by atoms with Crippen molar-refractivity contribution in [3.8, 4) is 11.3 Å². The lowest BCUT2D eigenvalue weighted by Crippen LogP contribution is -2.28. The van der Waals surface area contributed by atoms with Crippen molar-refractivity contribution in [1.82, 2.24) is 9.97 Å². The number of carbonyl (C=O) groups is 1. The molecule has 1 aromatic carbocycles. The van der Waals surface area contributed by atoms with Crippen LogP contribution < -0.4 is 5.32 Å². The topological polar surface area (TPSA) is 64.1 Å². The van der Waals surface area contributed by atoms with Crippen molar-refractivity contribution >= 4 is 23.5 Å². The van der Waals surface area contributed by atoms with E-state index in [9.17, 15) is 4.79 Å². The summed E-state index contributed by atoms with van der Waals surface area (Å²) < 4.78 is 5.36. The summed E-state index contributed by atoms with van der Waals surface area (Å²) in [6.07, 6.45) is 1.41. The molecule has 0 unspecified atom stereocenters. The summed E-state index contributed by atoms with van der Waals surface area (Å²) in [5.74, 6) is 0. The van der Waals surface area contributed by atoms with Crippen molar-refractivity contribution in [2.75, 3.05) is 11.6 Å². The van der Waals surface area contributed by atoms with E-state index in [1.54, 1.807) is 0 Å². The summed E-state index contributed by atoms with van der Waals surface area (Å²) in [4.78, 5) is 21.3. The van der Waals surface area contributed by atoms with Gasteiger partial charge in [0.05, 0.1) is 17.1 Å². The molecular formula is C18H23N3O2S. The van der Waals surface area contributed by atoms with E-state index in [0.717, 1.165) is 11.1 Å². The van der Waals surface area contributed by atoms with Gasteiger partial charge in [0.15, 0.2) is 5.16 Å². The second-order valence-electron chi connectivity index (χ2n) is 6.46. The molecule has 2 aromatic rings. The molecule has 0 radical (unpaired) electrons. The highest BCUT2D eigenvalue weighted by molar-refractivity contribution is 7.98. The van der Waals surface area contributed by atoms with Gasteiger partial charge in [-0.25, -0.2) is 14.8 Å². The van der Waals surface area contributed by atoms with E-state index in [2.05, 4.69) is 15.3 Å². The Morgan fingerprint density at radius 1 is 1.17 bits per heavy atom. The molecule has 0 fully saturated rings. The highest BCUT2D eigenvalue weighted by Crippen LogP contribution is 2.32. The van der Waals surface area contributed by atoms with Crippen molar-refractivity contribution in [2.24, 2.45) is 0 Å². The molecule has 0 spiro atoms. The molecule has 2 rings (SSSR count). The molecule has 0 bridgehead atoms. The van der Waals surface area contributed by atoms with Gasteiger partial charge >= 0.3 is 6.09 Å². The first kappa shape index (κ1) is 18.3. The maximum Gasteiger partial charge on any atom is 0.412 e. The SMILES string of the molecule is CSc1nc(C)c(NC(=O)OC(C)(C)C)c(-c2ccccc2C)n1. The molecule has 0 aliphatic heterocycles. The third-order valence-electron chi connectivity index (χ3n) is 3.28. The third-order valence-corrected chi connectivity index (χ3v) is 3.83. The zero-order valence-corrected chi connectivity index (χ0v) is 15.7. The van der Waals surface area contributed by atoms with Gasteiger partial charge in [-0.2, -0.15) is 0 Å². The molecular weight excluding hydrogens is 322 g/mol. The molecule has 0 aliphatic carbocycles. The van der Waals surface area contributed by atoms with Gasteiger partial charge in [-0.3, -0.25) is 5.32 Å². The Morgan fingerprint density at radius 3 is 2.42 bits per heavy atom. The zero-order valence-electron chi connectivity index (χ0n) is 14.9. The number of thioether (sulfide) groups is 1. The number of nitrogens with one attached hydrogen (secondary N) is 1. The number of anilines is 1. The normalized spacial score (nSPS) is 11.2. The maximum atomic E-state index is 12.2. The number of hydrogen-bond acceptors (Lipinski definition) is 5. The van der Waals surface area contributed by atoms with Crippen LogP contribution in [0.3, 0.4) is 0 Å². The van der Waals surface area contributed by atoms with Gasteiger partial charge in [-0.1, -0.05) is 36.0 Å². The molecule has 0 aliphatic rings. The van der Waals surface area contributed by atoms with Crippen molar-refractivity contribution < 1.29 is 9.53 Å². The monoisotopic (exact) mass is 345 g/mol. The molecule has 1 amide bonds. The molecule has 24 heavy (non-hydrogen) atoms. The minimum atomic E-state index is -0.569. The summed E-state index contributed by atoms with van der Waals surface area (Å²) in [5, 5.41) is 3.48. The number of hydrogen-bond donors (Lipinski definition) is 1. The Kier molecular flexibility index (Phi) is 5.49. The maximum absolute atomic E-state index is 12.2. The van der Waals surface area contributed by atoms with Crippen LogP contribution >= 0.6 is 11.8 Å². The lowest BCUT2D eigenvalue weighted by Gasteiger charge is -2.21. The molecule has 5 nitrogen and oxygen atoms in total. The molecule has 1 heterocycles. The number of rotatable bonds is 3. The number of ether oxygens (including phenoxy) is 1. The largest absolute Gasteiger partial charge is 0.444 e. The summed E-state index contributed by atoms with van der Waals surface area (Å²) >= 11 is 1.47. The number of aromatic nitrogens is 2. The molecule has 1 N–H and O–H groups in total. The summed E-state index contributed by atoms with van der Waals surface area (Å²) in [6.45, 7) is 9.36. The summed E-state index contributed by atoms with van der Waals surface area (Å²) in [7, 11) is 0. The minimum absolute atomic E-state index is 0.513. The van der Waals surface area contributed by atoms with Crippen LogP contribution in [-0.4, -0.2) is 27.9 Å².